The lowest BCUT2D eigenvalue weighted by Crippen LogP contribution is -2.58. The monoisotopic (exact) mass is 613 g/mol. The van der Waals surface area contributed by atoms with Crippen molar-refractivity contribution in [3.05, 3.63) is 99.6 Å². The Morgan fingerprint density at radius 3 is 2.45 bits per heavy atom. The lowest BCUT2D eigenvalue weighted by Gasteiger charge is -2.40. The number of nitrogens with zero attached hydrogens (tertiary/aromatic N) is 2. The molecule has 2 amide bonds. The van der Waals surface area contributed by atoms with Crippen LogP contribution in [0.2, 0.25) is 5.02 Å². The predicted octanol–water partition coefficient (Wildman–Crippen LogP) is 3.23. The Bertz CT molecular complexity index is 1500. The van der Waals surface area contributed by atoms with Crippen molar-refractivity contribution < 1.29 is 14.3 Å². The summed E-state index contributed by atoms with van der Waals surface area (Å²) in [5.41, 5.74) is 7.49. The molecule has 3 aromatic carbocycles. The zero-order chi connectivity index (χ0) is 30.0. The van der Waals surface area contributed by atoms with Crippen LogP contribution in [0, 0.1) is 0 Å². The SMILES string of the molecule is O=C(N[C@H](Cc1ccc(Cl)cc1)C(=O)N1CCN(c2cccc3c2CC(NC2CO2)CC3)CC1)[C@H]1Cc2ccccc2CN1. The van der Waals surface area contributed by atoms with Gasteiger partial charge in [0.2, 0.25) is 11.8 Å². The lowest BCUT2D eigenvalue weighted by atomic mass is 9.86. The summed E-state index contributed by atoms with van der Waals surface area (Å²) in [6.45, 7) is 4.19. The van der Waals surface area contributed by atoms with Crippen LogP contribution in [0.5, 0.6) is 0 Å². The number of benzene rings is 3. The molecule has 1 aliphatic carbocycles. The highest BCUT2D eigenvalue weighted by Gasteiger charge is 2.34. The van der Waals surface area contributed by atoms with Gasteiger partial charge in [0.15, 0.2) is 0 Å². The molecule has 0 saturated carbocycles. The highest BCUT2D eigenvalue weighted by atomic mass is 35.5. The number of ether oxygens (including phenoxy) is 1. The van der Waals surface area contributed by atoms with Crippen molar-refractivity contribution in [1.82, 2.24) is 20.9 Å². The first-order chi connectivity index (χ1) is 21.5. The van der Waals surface area contributed by atoms with Gasteiger partial charge in [-0.05, 0) is 71.7 Å². The van der Waals surface area contributed by atoms with Gasteiger partial charge in [0.1, 0.15) is 12.3 Å². The number of piperazine rings is 1. The first-order valence-electron chi connectivity index (χ1n) is 15.9. The first-order valence-corrected chi connectivity index (χ1v) is 16.2. The van der Waals surface area contributed by atoms with Gasteiger partial charge in [-0.3, -0.25) is 14.9 Å². The average Bonchev–Trinajstić information content (AvgIpc) is 3.88. The molecule has 2 unspecified atom stereocenters. The summed E-state index contributed by atoms with van der Waals surface area (Å²) < 4.78 is 5.42. The molecule has 9 heteroatoms. The molecule has 3 heterocycles. The molecule has 7 rings (SSSR count). The number of carbonyl (C=O) groups is 2. The van der Waals surface area contributed by atoms with Gasteiger partial charge >= 0.3 is 0 Å². The number of anilines is 1. The molecule has 4 atom stereocenters. The fourth-order valence-corrected chi connectivity index (χ4v) is 7.10. The van der Waals surface area contributed by atoms with Crippen LogP contribution in [0.4, 0.5) is 5.69 Å². The van der Waals surface area contributed by atoms with Crippen molar-refractivity contribution >= 4 is 29.1 Å². The number of nitrogens with one attached hydrogen (secondary N) is 3. The van der Waals surface area contributed by atoms with Crippen LogP contribution < -0.4 is 20.9 Å². The summed E-state index contributed by atoms with van der Waals surface area (Å²) in [6, 6.07) is 21.8. The number of fused-ring (bicyclic) bond motifs is 2. The molecule has 0 aromatic heterocycles. The summed E-state index contributed by atoms with van der Waals surface area (Å²) in [5, 5.41) is 10.8. The van der Waals surface area contributed by atoms with Crippen molar-refractivity contribution in [2.45, 2.75) is 63.0 Å². The van der Waals surface area contributed by atoms with Gasteiger partial charge in [-0.15, -0.1) is 0 Å². The van der Waals surface area contributed by atoms with Gasteiger partial charge in [0.25, 0.3) is 0 Å². The number of halogens is 1. The minimum atomic E-state index is -0.657. The number of hydrogen-bond donors (Lipinski definition) is 3. The molecule has 0 bridgehead atoms. The van der Waals surface area contributed by atoms with E-state index in [-0.39, 0.29) is 24.1 Å². The molecule has 3 aliphatic heterocycles. The second-order valence-corrected chi connectivity index (χ2v) is 12.9. The maximum Gasteiger partial charge on any atom is 0.245 e. The van der Waals surface area contributed by atoms with E-state index in [0.717, 1.165) is 44.5 Å². The molecule has 2 fully saturated rings. The van der Waals surface area contributed by atoms with E-state index in [0.29, 0.717) is 43.5 Å². The van der Waals surface area contributed by atoms with Crippen molar-refractivity contribution in [3.8, 4) is 0 Å². The van der Waals surface area contributed by atoms with E-state index in [4.69, 9.17) is 16.3 Å². The molecule has 0 radical (unpaired) electrons. The lowest BCUT2D eigenvalue weighted by molar-refractivity contribution is -0.137. The molecule has 4 aliphatic rings. The van der Waals surface area contributed by atoms with Gasteiger partial charge < -0.3 is 25.2 Å². The third-order valence-electron chi connectivity index (χ3n) is 9.51. The average molecular weight is 614 g/mol. The Hall–Kier alpha value is -3.43. The Morgan fingerprint density at radius 2 is 1.68 bits per heavy atom. The number of aryl methyl sites for hydroxylation is 1. The Balaban J connectivity index is 1.03. The quantitative estimate of drug-likeness (QED) is 0.338. The van der Waals surface area contributed by atoms with Crippen molar-refractivity contribution in [2.24, 2.45) is 0 Å². The van der Waals surface area contributed by atoms with Crippen LogP contribution in [0.3, 0.4) is 0 Å². The molecule has 44 heavy (non-hydrogen) atoms. The zero-order valence-electron chi connectivity index (χ0n) is 24.9. The second-order valence-electron chi connectivity index (χ2n) is 12.5. The van der Waals surface area contributed by atoms with Crippen LogP contribution in [0.15, 0.2) is 66.7 Å². The van der Waals surface area contributed by atoms with Crippen molar-refractivity contribution in [3.63, 3.8) is 0 Å². The van der Waals surface area contributed by atoms with E-state index >= 15 is 0 Å². The highest BCUT2D eigenvalue weighted by Crippen LogP contribution is 2.32. The Labute approximate surface area is 264 Å². The normalized spacial score (nSPS) is 23.3. The van der Waals surface area contributed by atoms with Gasteiger partial charge in [0.05, 0.1) is 12.6 Å². The first kappa shape index (κ1) is 29.3. The number of rotatable bonds is 8. The van der Waals surface area contributed by atoms with Crippen LogP contribution in [-0.2, 0) is 46.6 Å². The van der Waals surface area contributed by atoms with E-state index in [2.05, 4.69) is 51.2 Å². The van der Waals surface area contributed by atoms with Gasteiger partial charge in [-0.2, -0.15) is 0 Å². The van der Waals surface area contributed by atoms with Crippen molar-refractivity contribution in [2.75, 3.05) is 37.7 Å². The standard InChI is InChI=1S/C35H40ClN5O3/c36-27-11-8-23(9-12-27)18-31(39-34(42)30-19-25-4-1-2-5-26(25)21-37-30)35(43)41-16-14-40(15-17-41)32-7-3-6-24-10-13-28(20-29(24)32)38-33-22-44-33/h1-9,11-12,28,30-31,33,37-38H,10,13-22H2,(H,39,42)/t28?,30-,31-,33?/m1/s1. The highest BCUT2D eigenvalue weighted by molar-refractivity contribution is 6.30. The Morgan fingerprint density at radius 1 is 0.932 bits per heavy atom. The fraction of sp³-hybridized carbons (Fsp3) is 0.429. The molecule has 0 spiro atoms. The number of epoxide rings is 1. The van der Waals surface area contributed by atoms with E-state index in [1.54, 1.807) is 0 Å². The zero-order valence-corrected chi connectivity index (χ0v) is 25.7. The minimum absolute atomic E-state index is 0.0343. The number of carbonyl (C=O) groups excluding carboxylic acids is 2. The van der Waals surface area contributed by atoms with Crippen LogP contribution in [0.1, 0.15) is 34.2 Å². The third kappa shape index (κ3) is 6.64. The molecular weight excluding hydrogens is 574 g/mol. The van der Waals surface area contributed by atoms with E-state index in [9.17, 15) is 9.59 Å². The largest absolute Gasteiger partial charge is 0.368 e. The minimum Gasteiger partial charge on any atom is -0.368 e. The second kappa shape index (κ2) is 12.9. The smallest absolute Gasteiger partial charge is 0.245 e. The van der Waals surface area contributed by atoms with E-state index in [1.165, 1.54) is 27.9 Å². The van der Waals surface area contributed by atoms with Gasteiger partial charge in [-0.1, -0.05) is 60.1 Å². The van der Waals surface area contributed by atoms with Crippen LogP contribution in [-0.4, -0.2) is 73.9 Å². The van der Waals surface area contributed by atoms with E-state index < -0.39 is 6.04 Å². The van der Waals surface area contributed by atoms with Crippen molar-refractivity contribution in [1.29, 1.82) is 0 Å². The molecule has 3 aromatic rings. The topological polar surface area (TPSA) is 89.2 Å². The molecule has 8 nitrogen and oxygen atoms in total. The summed E-state index contributed by atoms with van der Waals surface area (Å²) in [7, 11) is 0. The molecule has 3 N–H and O–H groups in total. The molecule has 2 saturated heterocycles. The van der Waals surface area contributed by atoms with E-state index in [1.807, 2.05) is 41.3 Å². The molecular formula is C35H40ClN5O3. The summed E-state index contributed by atoms with van der Waals surface area (Å²) in [4.78, 5) is 31.9. The van der Waals surface area contributed by atoms with Crippen LogP contribution in [0.25, 0.3) is 0 Å². The Kier molecular flexibility index (Phi) is 8.58. The maximum absolute atomic E-state index is 14.0. The predicted molar refractivity (Wildman–Crippen MR) is 172 cm³/mol. The summed E-state index contributed by atoms with van der Waals surface area (Å²) in [5.74, 6) is -0.172. The third-order valence-corrected chi connectivity index (χ3v) is 9.77. The van der Waals surface area contributed by atoms with Crippen LogP contribution >= 0.6 is 11.6 Å². The summed E-state index contributed by atoms with van der Waals surface area (Å²) in [6.07, 6.45) is 4.43. The van der Waals surface area contributed by atoms with Gasteiger partial charge in [-0.25, -0.2) is 0 Å². The van der Waals surface area contributed by atoms with Gasteiger partial charge in [0, 0.05) is 55.9 Å². The molecule has 230 valence electrons. The summed E-state index contributed by atoms with van der Waals surface area (Å²) >= 11 is 6.13. The number of amides is 2. The maximum atomic E-state index is 14.0. The fourth-order valence-electron chi connectivity index (χ4n) is 6.97. The number of hydrogen-bond acceptors (Lipinski definition) is 6.